The molecule has 0 amide bonds. The molecule has 4 aliphatic rings. The Kier molecular flexibility index (Phi) is 6.10. The summed E-state index contributed by atoms with van der Waals surface area (Å²) >= 11 is 0. The molecule has 0 radical (unpaired) electrons. The Balaban J connectivity index is 1.69. The van der Waals surface area contributed by atoms with Crippen LogP contribution in [0.4, 0.5) is 0 Å². The van der Waals surface area contributed by atoms with E-state index in [1.165, 1.54) is 5.57 Å². The van der Waals surface area contributed by atoms with Crippen LogP contribution in [0.15, 0.2) is 23.3 Å². The van der Waals surface area contributed by atoms with Gasteiger partial charge in [-0.3, -0.25) is 14.4 Å². The molecule has 34 heavy (non-hydrogen) atoms. The third-order valence-corrected chi connectivity index (χ3v) is 11.3. The van der Waals surface area contributed by atoms with Gasteiger partial charge in [-0.05, 0) is 67.6 Å². The molecule has 4 heteroatoms. The Hall–Kier alpha value is -1.71. The van der Waals surface area contributed by atoms with E-state index >= 15 is 0 Å². The van der Waals surface area contributed by atoms with E-state index in [0.717, 1.165) is 44.9 Å². The quantitative estimate of drug-likeness (QED) is 0.429. The number of hydrogen-bond acceptors (Lipinski definition) is 3. The second-order valence-electron chi connectivity index (χ2n) is 13.1. The molecular weight excluding hydrogens is 424 g/mol. The van der Waals surface area contributed by atoms with Gasteiger partial charge in [-0.15, -0.1) is 0 Å². The third-order valence-electron chi connectivity index (χ3n) is 11.3. The zero-order valence-corrected chi connectivity index (χ0v) is 22.2. The first-order valence-corrected chi connectivity index (χ1v) is 13.4. The van der Waals surface area contributed by atoms with Crippen LogP contribution in [0.2, 0.25) is 0 Å². The monoisotopic (exact) mass is 468 g/mol. The summed E-state index contributed by atoms with van der Waals surface area (Å²) in [6, 6.07) is 0. The SMILES string of the molecule is C=C1CC[C@@](C)([C@H](C)CC(=O)C[C@@H](C)C(=O)O)[C@@]12CCC1=C2CC[C@H]2C(C)(C)C(=O)CC[C@]12C. The van der Waals surface area contributed by atoms with E-state index in [0.29, 0.717) is 24.5 Å². The molecule has 0 saturated heterocycles. The molecule has 0 aliphatic heterocycles. The number of allylic oxidation sites excluding steroid dienone is 3. The highest BCUT2D eigenvalue weighted by molar-refractivity contribution is 5.86. The van der Waals surface area contributed by atoms with Crippen molar-refractivity contribution in [2.24, 2.45) is 39.4 Å². The number of Topliss-reactive ketones (excluding diaryl/α,β-unsaturated/α-hetero) is 2. The van der Waals surface area contributed by atoms with Crippen molar-refractivity contribution in [3.63, 3.8) is 0 Å². The number of carbonyl (C=O) groups is 3. The second-order valence-corrected chi connectivity index (χ2v) is 13.1. The van der Waals surface area contributed by atoms with E-state index in [1.54, 1.807) is 18.1 Å². The summed E-state index contributed by atoms with van der Waals surface area (Å²) in [5.41, 5.74) is 4.25. The van der Waals surface area contributed by atoms with E-state index in [-0.39, 0.29) is 39.8 Å². The zero-order valence-electron chi connectivity index (χ0n) is 22.2. The fourth-order valence-corrected chi connectivity index (χ4v) is 9.06. The minimum atomic E-state index is -0.901. The lowest BCUT2D eigenvalue weighted by Gasteiger charge is -2.55. The largest absolute Gasteiger partial charge is 0.481 e. The third kappa shape index (κ3) is 3.33. The summed E-state index contributed by atoms with van der Waals surface area (Å²) in [5.74, 6) is -0.485. The highest BCUT2D eigenvalue weighted by Crippen LogP contribution is 2.73. The minimum Gasteiger partial charge on any atom is -0.481 e. The van der Waals surface area contributed by atoms with Gasteiger partial charge in [-0.1, -0.05) is 64.8 Å². The average molecular weight is 469 g/mol. The van der Waals surface area contributed by atoms with Crippen LogP contribution in [0.25, 0.3) is 0 Å². The van der Waals surface area contributed by atoms with E-state index < -0.39 is 11.9 Å². The van der Waals surface area contributed by atoms with Crippen molar-refractivity contribution in [3.05, 3.63) is 23.3 Å². The van der Waals surface area contributed by atoms with Gasteiger partial charge in [0.1, 0.15) is 11.6 Å². The van der Waals surface area contributed by atoms with Gasteiger partial charge in [0, 0.05) is 30.1 Å². The predicted octanol–water partition coefficient (Wildman–Crippen LogP) is 6.93. The number of carbonyl (C=O) groups excluding carboxylic acids is 2. The Morgan fingerprint density at radius 3 is 2.29 bits per heavy atom. The molecule has 1 spiro atoms. The molecule has 0 heterocycles. The lowest BCUT2D eigenvalue weighted by Crippen LogP contribution is -2.50. The van der Waals surface area contributed by atoms with Gasteiger partial charge < -0.3 is 5.11 Å². The maximum atomic E-state index is 12.8. The fourth-order valence-electron chi connectivity index (χ4n) is 9.06. The zero-order chi connectivity index (χ0) is 25.3. The summed E-state index contributed by atoms with van der Waals surface area (Å²) in [6.45, 7) is 17.6. The standard InChI is InChI=1S/C30H44O4/c1-18(26(33)34)16-21(31)17-20(3)29(7)14-10-19(2)30(29)15-11-22-23(30)8-9-24-27(4,5)25(32)12-13-28(22,24)6/h18,20,24H,2,8-17H2,1,3-7H3,(H,33,34)/t18-,20-,24+,28-,29+,30+/m1/s1. The maximum absolute atomic E-state index is 12.8. The van der Waals surface area contributed by atoms with Gasteiger partial charge in [0.05, 0.1) is 5.92 Å². The molecular formula is C30H44O4. The van der Waals surface area contributed by atoms with E-state index in [1.807, 2.05) is 0 Å². The van der Waals surface area contributed by atoms with Crippen molar-refractivity contribution >= 4 is 17.5 Å². The smallest absolute Gasteiger partial charge is 0.306 e. The van der Waals surface area contributed by atoms with Crippen LogP contribution in [0.5, 0.6) is 0 Å². The second kappa shape index (κ2) is 8.17. The molecule has 2 saturated carbocycles. The molecule has 4 rings (SSSR count). The van der Waals surface area contributed by atoms with Gasteiger partial charge in [0.15, 0.2) is 0 Å². The first kappa shape index (κ1) is 25.4. The van der Waals surface area contributed by atoms with Crippen LogP contribution < -0.4 is 0 Å². The van der Waals surface area contributed by atoms with Crippen LogP contribution in [-0.4, -0.2) is 22.6 Å². The summed E-state index contributed by atoms with van der Waals surface area (Å²) in [6.07, 6.45) is 8.48. The van der Waals surface area contributed by atoms with Crippen molar-refractivity contribution in [1.29, 1.82) is 0 Å². The lowest BCUT2D eigenvalue weighted by atomic mass is 9.48. The molecule has 4 nitrogen and oxygen atoms in total. The molecule has 6 atom stereocenters. The Morgan fingerprint density at radius 1 is 0.971 bits per heavy atom. The summed E-state index contributed by atoms with van der Waals surface area (Å²) < 4.78 is 0. The van der Waals surface area contributed by atoms with E-state index in [4.69, 9.17) is 0 Å². The molecule has 1 N–H and O–H groups in total. The molecule has 0 bridgehead atoms. The highest BCUT2D eigenvalue weighted by atomic mass is 16.4. The molecule has 0 aromatic heterocycles. The molecule has 4 aliphatic carbocycles. The number of fused-ring (bicyclic) bond motifs is 3. The minimum absolute atomic E-state index is 0.0491. The van der Waals surface area contributed by atoms with Crippen LogP contribution in [0.1, 0.15) is 106 Å². The maximum Gasteiger partial charge on any atom is 0.306 e. The summed E-state index contributed by atoms with van der Waals surface area (Å²) in [7, 11) is 0. The number of carboxylic acids is 1. The van der Waals surface area contributed by atoms with E-state index in [2.05, 4.69) is 41.2 Å². The van der Waals surface area contributed by atoms with Crippen LogP contribution in [-0.2, 0) is 14.4 Å². The van der Waals surface area contributed by atoms with Crippen molar-refractivity contribution < 1.29 is 19.5 Å². The number of aliphatic carboxylic acids is 1. The van der Waals surface area contributed by atoms with Crippen LogP contribution in [0, 0.1) is 39.4 Å². The van der Waals surface area contributed by atoms with Crippen LogP contribution >= 0.6 is 0 Å². The van der Waals surface area contributed by atoms with Crippen molar-refractivity contribution in [3.8, 4) is 0 Å². The van der Waals surface area contributed by atoms with Gasteiger partial charge >= 0.3 is 5.97 Å². The average Bonchev–Trinajstić information content (AvgIpc) is 3.27. The van der Waals surface area contributed by atoms with E-state index in [9.17, 15) is 19.5 Å². The lowest BCUT2D eigenvalue weighted by molar-refractivity contribution is -0.143. The normalized spacial score (nSPS) is 38.6. The molecule has 0 aromatic carbocycles. The Morgan fingerprint density at radius 2 is 1.65 bits per heavy atom. The van der Waals surface area contributed by atoms with Crippen LogP contribution in [0.3, 0.4) is 0 Å². The topological polar surface area (TPSA) is 71.4 Å². The van der Waals surface area contributed by atoms with Crippen molar-refractivity contribution in [2.75, 3.05) is 0 Å². The highest BCUT2D eigenvalue weighted by Gasteiger charge is 2.64. The van der Waals surface area contributed by atoms with Crippen molar-refractivity contribution in [2.45, 2.75) is 106 Å². The summed E-state index contributed by atoms with van der Waals surface area (Å²) in [4.78, 5) is 36.9. The number of rotatable bonds is 6. The first-order chi connectivity index (χ1) is 15.7. The number of hydrogen-bond donors (Lipinski definition) is 1. The first-order valence-electron chi connectivity index (χ1n) is 13.4. The van der Waals surface area contributed by atoms with Crippen molar-refractivity contribution in [1.82, 2.24) is 0 Å². The Bertz CT molecular complexity index is 970. The van der Waals surface area contributed by atoms with Gasteiger partial charge in [0.25, 0.3) is 0 Å². The molecule has 188 valence electrons. The van der Waals surface area contributed by atoms with Gasteiger partial charge in [0.2, 0.25) is 0 Å². The summed E-state index contributed by atoms with van der Waals surface area (Å²) in [5, 5.41) is 9.24. The van der Waals surface area contributed by atoms with Gasteiger partial charge in [-0.2, -0.15) is 0 Å². The number of ketones is 2. The predicted molar refractivity (Wildman–Crippen MR) is 134 cm³/mol. The fraction of sp³-hybridized carbons (Fsp3) is 0.767. The molecule has 0 aromatic rings. The Labute approximate surface area is 205 Å². The molecule has 2 fully saturated rings. The van der Waals surface area contributed by atoms with Gasteiger partial charge in [-0.25, -0.2) is 0 Å². The number of carboxylic acid groups (broad SMARTS) is 1. The molecule has 0 unspecified atom stereocenters.